The number of nitrogens with two attached hydrogens (primary N) is 1. The van der Waals surface area contributed by atoms with Crippen LogP contribution in [0.15, 0.2) is 18.5 Å². The highest BCUT2D eigenvalue weighted by Gasteiger charge is 2.25. The maximum absolute atomic E-state index is 6.13. The molecule has 2 atom stereocenters. The number of hydrogen-bond acceptors (Lipinski definition) is 3. The molecule has 0 aliphatic heterocycles. The van der Waals surface area contributed by atoms with Gasteiger partial charge < -0.3 is 10.3 Å². The molecule has 0 saturated heterocycles. The number of aryl methyl sites for hydroxylation is 1. The Kier molecular flexibility index (Phi) is 3.51. The van der Waals surface area contributed by atoms with Gasteiger partial charge in [0.15, 0.2) is 0 Å². The molecule has 3 rings (SSSR count). The first-order chi connectivity index (χ1) is 9.29. The fourth-order valence-corrected chi connectivity index (χ4v) is 3.23. The average Bonchev–Trinajstić information content (AvgIpc) is 2.79. The Morgan fingerprint density at radius 2 is 2.32 bits per heavy atom. The molecule has 102 valence electrons. The van der Waals surface area contributed by atoms with E-state index < -0.39 is 0 Å². The normalized spacial score (nSPS) is 23.9. The summed E-state index contributed by atoms with van der Waals surface area (Å²) in [6.07, 6.45) is 9.51. The van der Waals surface area contributed by atoms with Gasteiger partial charge in [0.1, 0.15) is 11.3 Å². The lowest BCUT2D eigenvalue weighted by Gasteiger charge is -2.26. The van der Waals surface area contributed by atoms with Gasteiger partial charge in [0.05, 0.1) is 11.7 Å². The van der Waals surface area contributed by atoms with Gasteiger partial charge in [-0.25, -0.2) is 4.98 Å². The number of fused-ring (bicyclic) bond motifs is 1. The highest BCUT2D eigenvalue weighted by Crippen LogP contribution is 2.33. The van der Waals surface area contributed by atoms with Crippen molar-refractivity contribution in [2.75, 3.05) is 0 Å². The molecule has 0 bridgehead atoms. The topological polar surface area (TPSA) is 56.7 Å². The van der Waals surface area contributed by atoms with Gasteiger partial charge >= 0.3 is 0 Å². The van der Waals surface area contributed by atoms with Crippen molar-refractivity contribution in [2.45, 2.75) is 57.5 Å². The number of nitrogens with zero attached hydrogens (tertiary/aromatic N) is 3. The lowest BCUT2D eigenvalue weighted by atomic mass is 9.85. The Bertz CT molecular complexity index is 560. The highest BCUT2D eigenvalue weighted by atomic mass is 15.1. The van der Waals surface area contributed by atoms with Crippen LogP contribution in [-0.2, 0) is 6.54 Å². The quantitative estimate of drug-likeness (QED) is 0.921. The monoisotopic (exact) mass is 258 g/mol. The highest BCUT2D eigenvalue weighted by molar-refractivity contribution is 5.74. The number of aromatic nitrogens is 3. The van der Waals surface area contributed by atoms with Crippen LogP contribution in [-0.4, -0.2) is 20.6 Å². The van der Waals surface area contributed by atoms with E-state index in [-0.39, 0.29) is 0 Å². The summed E-state index contributed by atoms with van der Waals surface area (Å²) in [6, 6.07) is 2.41. The molecule has 0 spiro atoms. The van der Waals surface area contributed by atoms with Crippen molar-refractivity contribution < 1.29 is 0 Å². The Balaban J connectivity index is 2.03. The van der Waals surface area contributed by atoms with Gasteiger partial charge in [-0.05, 0) is 31.7 Å². The molecule has 19 heavy (non-hydrogen) atoms. The van der Waals surface area contributed by atoms with Crippen molar-refractivity contribution in [3.63, 3.8) is 0 Å². The minimum absolute atomic E-state index is 0.340. The van der Waals surface area contributed by atoms with Crippen LogP contribution < -0.4 is 5.73 Å². The van der Waals surface area contributed by atoms with Crippen LogP contribution in [0.4, 0.5) is 0 Å². The third-order valence-electron chi connectivity index (χ3n) is 4.11. The molecule has 4 heteroatoms. The Morgan fingerprint density at radius 1 is 1.42 bits per heavy atom. The van der Waals surface area contributed by atoms with E-state index in [1.165, 1.54) is 24.2 Å². The molecule has 2 aromatic rings. The molecular weight excluding hydrogens is 236 g/mol. The largest absolute Gasteiger partial charge is 0.328 e. The number of rotatable bonds is 3. The van der Waals surface area contributed by atoms with Gasteiger partial charge in [0, 0.05) is 24.7 Å². The van der Waals surface area contributed by atoms with Crippen molar-refractivity contribution in [3.05, 3.63) is 24.3 Å². The van der Waals surface area contributed by atoms with Crippen LogP contribution in [0.3, 0.4) is 0 Å². The molecular formula is C15H22N4. The van der Waals surface area contributed by atoms with E-state index in [0.29, 0.717) is 12.0 Å². The van der Waals surface area contributed by atoms with Crippen LogP contribution in [0, 0.1) is 0 Å². The van der Waals surface area contributed by atoms with Gasteiger partial charge in [-0.1, -0.05) is 13.3 Å². The first kappa shape index (κ1) is 12.6. The maximum Gasteiger partial charge on any atom is 0.113 e. The first-order valence-electron chi connectivity index (χ1n) is 7.35. The van der Waals surface area contributed by atoms with Crippen molar-refractivity contribution >= 4 is 11.0 Å². The zero-order valence-corrected chi connectivity index (χ0v) is 11.5. The van der Waals surface area contributed by atoms with Crippen molar-refractivity contribution in [1.82, 2.24) is 14.5 Å². The van der Waals surface area contributed by atoms with Gasteiger partial charge in [-0.3, -0.25) is 4.98 Å². The average molecular weight is 258 g/mol. The third-order valence-corrected chi connectivity index (χ3v) is 4.11. The van der Waals surface area contributed by atoms with E-state index in [9.17, 15) is 0 Å². The predicted molar refractivity (Wildman–Crippen MR) is 77.0 cm³/mol. The van der Waals surface area contributed by atoms with E-state index in [2.05, 4.69) is 22.5 Å². The second-order valence-electron chi connectivity index (χ2n) is 5.61. The van der Waals surface area contributed by atoms with E-state index in [0.717, 1.165) is 31.3 Å². The van der Waals surface area contributed by atoms with Crippen molar-refractivity contribution in [3.8, 4) is 0 Å². The van der Waals surface area contributed by atoms with Crippen LogP contribution in [0.2, 0.25) is 0 Å². The molecule has 2 unspecified atom stereocenters. The lowest BCUT2D eigenvalue weighted by Crippen LogP contribution is -2.28. The molecule has 4 nitrogen and oxygen atoms in total. The summed E-state index contributed by atoms with van der Waals surface area (Å²) in [6.45, 7) is 3.24. The minimum atomic E-state index is 0.340. The second-order valence-corrected chi connectivity index (χ2v) is 5.61. The summed E-state index contributed by atoms with van der Waals surface area (Å²) < 4.78 is 2.37. The molecule has 2 aromatic heterocycles. The Morgan fingerprint density at radius 3 is 3.11 bits per heavy atom. The molecule has 0 radical (unpaired) electrons. The molecule has 0 amide bonds. The fraction of sp³-hybridized carbons (Fsp3) is 0.600. The van der Waals surface area contributed by atoms with Crippen LogP contribution >= 0.6 is 0 Å². The maximum atomic E-state index is 6.13. The fourth-order valence-electron chi connectivity index (χ4n) is 3.23. The zero-order valence-electron chi connectivity index (χ0n) is 11.5. The van der Waals surface area contributed by atoms with Gasteiger partial charge in [0.2, 0.25) is 0 Å². The molecule has 1 aliphatic rings. The molecule has 1 saturated carbocycles. The van der Waals surface area contributed by atoms with Crippen LogP contribution in [0.1, 0.15) is 50.8 Å². The van der Waals surface area contributed by atoms with E-state index >= 15 is 0 Å². The SMILES string of the molecule is CCCn1c(C2CCCC(N)C2)nc2cnccc21. The van der Waals surface area contributed by atoms with Gasteiger partial charge in [-0.15, -0.1) is 0 Å². The summed E-state index contributed by atoms with van der Waals surface area (Å²) in [5.41, 5.74) is 8.36. The smallest absolute Gasteiger partial charge is 0.113 e. The number of imidazole rings is 1. The predicted octanol–water partition coefficient (Wildman–Crippen LogP) is 2.83. The summed E-state index contributed by atoms with van der Waals surface area (Å²) in [5, 5.41) is 0. The first-order valence-corrected chi connectivity index (χ1v) is 7.35. The molecule has 2 N–H and O–H groups in total. The van der Waals surface area contributed by atoms with Gasteiger partial charge in [-0.2, -0.15) is 0 Å². The van der Waals surface area contributed by atoms with E-state index in [1.54, 1.807) is 0 Å². The number of hydrogen-bond donors (Lipinski definition) is 1. The van der Waals surface area contributed by atoms with Crippen molar-refractivity contribution in [1.29, 1.82) is 0 Å². The third kappa shape index (κ3) is 2.37. The summed E-state index contributed by atoms with van der Waals surface area (Å²) >= 11 is 0. The summed E-state index contributed by atoms with van der Waals surface area (Å²) in [4.78, 5) is 9.02. The molecule has 1 fully saturated rings. The van der Waals surface area contributed by atoms with Gasteiger partial charge in [0.25, 0.3) is 0 Å². The molecule has 0 aromatic carbocycles. The molecule has 2 heterocycles. The number of pyridine rings is 1. The Labute approximate surface area is 114 Å². The van der Waals surface area contributed by atoms with Crippen LogP contribution in [0.5, 0.6) is 0 Å². The standard InChI is InChI=1S/C15H22N4/c1-2-8-19-14-6-7-17-10-13(14)18-15(19)11-4-3-5-12(16)9-11/h6-7,10-12H,2-5,8-9,16H2,1H3. The molecule has 1 aliphatic carbocycles. The second kappa shape index (κ2) is 5.29. The van der Waals surface area contributed by atoms with E-state index in [4.69, 9.17) is 10.7 Å². The summed E-state index contributed by atoms with van der Waals surface area (Å²) in [7, 11) is 0. The Hall–Kier alpha value is -1.42. The van der Waals surface area contributed by atoms with Crippen molar-refractivity contribution in [2.24, 2.45) is 5.73 Å². The summed E-state index contributed by atoms with van der Waals surface area (Å²) in [5.74, 6) is 1.74. The zero-order chi connectivity index (χ0) is 13.2. The van der Waals surface area contributed by atoms with E-state index in [1.807, 2.05) is 12.4 Å². The minimum Gasteiger partial charge on any atom is -0.328 e. The lowest BCUT2D eigenvalue weighted by molar-refractivity contribution is 0.374. The van der Waals surface area contributed by atoms with Crippen LogP contribution in [0.25, 0.3) is 11.0 Å².